The summed E-state index contributed by atoms with van der Waals surface area (Å²) in [6, 6.07) is 7.02. The second kappa shape index (κ2) is 7.75. The maximum atomic E-state index is 12.2. The molecule has 0 saturated carbocycles. The molecule has 1 aromatic carbocycles. The molecule has 1 unspecified atom stereocenters. The Morgan fingerprint density at radius 2 is 1.89 bits per heavy atom. The fourth-order valence-electron chi connectivity index (χ4n) is 1.90. The Morgan fingerprint density at radius 3 is 2.53 bits per heavy atom. The van der Waals surface area contributed by atoms with Crippen LogP contribution < -0.4 is 5.32 Å². The van der Waals surface area contributed by atoms with Crippen molar-refractivity contribution in [1.82, 2.24) is 0 Å². The van der Waals surface area contributed by atoms with Crippen LogP contribution in [-0.2, 0) is 9.84 Å². The molecule has 1 atom stereocenters. The van der Waals surface area contributed by atoms with Gasteiger partial charge in [0.1, 0.15) is 0 Å². The molecule has 3 nitrogen and oxygen atoms in total. The number of halogens is 1. The molecule has 0 aliphatic heterocycles. The summed E-state index contributed by atoms with van der Waals surface area (Å²) in [5, 5.41) is 3.17. The van der Waals surface area contributed by atoms with Crippen molar-refractivity contribution in [3.8, 4) is 0 Å². The van der Waals surface area contributed by atoms with Crippen LogP contribution in [0.3, 0.4) is 0 Å². The van der Waals surface area contributed by atoms with Gasteiger partial charge in [-0.2, -0.15) is 0 Å². The maximum absolute atomic E-state index is 12.2. The molecule has 19 heavy (non-hydrogen) atoms. The van der Waals surface area contributed by atoms with Crippen LogP contribution in [-0.4, -0.2) is 26.1 Å². The Hall–Kier alpha value is -0.740. The monoisotopic (exact) mass is 303 g/mol. The highest BCUT2D eigenvalue weighted by molar-refractivity contribution is 7.91. The highest BCUT2D eigenvalue weighted by atomic mass is 35.5. The number of hydrogen-bond donors (Lipinski definition) is 1. The summed E-state index contributed by atoms with van der Waals surface area (Å²) in [4.78, 5) is 0.372. The van der Waals surface area contributed by atoms with Gasteiger partial charge in [-0.05, 0) is 25.0 Å². The second-order valence-electron chi connectivity index (χ2n) is 4.58. The number of anilines is 1. The zero-order valence-electron chi connectivity index (χ0n) is 11.5. The first kappa shape index (κ1) is 16.3. The number of nitrogens with one attached hydrogen (secondary N) is 1. The van der Waals surface area contributed by atoms with Crippen LogP contribution in [0.15, 0.2) is 29.2 Å². The van der Waals surface area contributed by atoms with Gasteiger partial charge in [-0.1, -0.05) is 32.4 Å². The lowest BCUT2D eigenvalue weighted by molar-refractivity contribution is 0.595. The largest absolute Gasteiger partial charge is 0.383 e. The molecule has 0 radical (unpaired) electrons. The molecule has 0 amide bonds. The smallest absolute Gasteiger partial charge is 0.180 e. The van der Waals surface area contributed by atoms with Gasteiger partial charge in [-0.3, -0.25) is 0 Å². The molecule has 0 aliphatic carbocycles. The summed E-state index contributed by atoms with van der Waals surface area (Å²) < 4.78 is 24.3. The second-order valence-corrected chi connectivity index (χ2v) is 7.28. The van der Waals surface area contributed by atoms with E-state index in [-0.39, 0.29) is 11.1 Å². The molecule has 0 heterocycles. The van der Waals surface area contributed by atoms with E-state index in [0.717, 1.165) is 12.8 Å². The van der Waals surface area contributed by atoms with E-state index < -0.39 is 9.84 Å². The minimum absolute atomic E-state index is 0.0203. The predicted molar refractivity (Wildman–Crippen MR) is 81.8 cm³/mol. The van der Waals surface area contributed by atoms with E-state index in [4.69, 9.17) is 11.6 Å². The summed E-state index contributed by atoms with van der Waals surface area (Å²) >= 11 is 6.15. The van der Waals surface area contributed by atoms with Gasteiger partial charge in [0.25, 0.3) is 0 Å². The minimum atomic E-state index is -3.21. The minimum Gasteiger partial charge on any atom is -0.383 e. The van der Waals surface area contributed by atoms with Crippen LogP contribution in [0, 0.1) is 0 Å². The van der Waals surface area contributed by atoms with Crippen molar-refractivity contribution < 1.29 is 8.42 Å². The highest BCUT2D eigenvalue weighted by Crippen LogP contribution is 2.23. The lowest BCUT2D eigenvalue weighted by atomic mass is 10.2. The molecule has 0 aromatic heterocycles. The van der Waals surface area contributed by atoms with Crippen molar-refractivity contribution in [2.24, 2.45) is 0 Å². The molecule has 5 heteroatoms. The fourth-order valence-corrected chi connectivity index (χ4v) is 3.71. The van der Waals surface area contributed by atoms with E-state index in [9.17, 15) is 8.42 Å². The molecule has 0 saturated heterocycles. The average molecular weight is 304 g/mol. The molecule has 0 aliphatic rings. The zero-order chi connectivity index (χ0) is 14.3. The van der Waals surface area contributed by atoms with Gasteiger partial charge in [0, 0.05) is 6.54 Å². The third-order valence-corrected chi connectivity index (χ3v) is 5.16. The third kappa shape index (κ3) is 5.03. The van der Waals surface area contributed by atoms with Crippen LogP contribution in [0.25, 0.3) is 0 Å². The van der Waals surface area contributed by atoms with Crippen LogP contribution in [0.4, 0.5) is 5.69 Å². The van der Waals surface area contributed by atoms with Gasteiger partial charge in [0.05, 0.1) is 21.7 Å². The first-order chi connectivity index (χ1) is 9.01. The number of hydrogen-bond acceptors (Lipinski definition) is 3. The summed E-state index contributed by atoms with van der Waals surface area (Å²) in [6.07, 6.45) is 2.55. The quantitative estimate of drug-likeness (QED) is 0.745. The van der Waals surface area contributed by atoms with Crippen molar-refractivity contribution in [2.75, 3.05) is 17.6 Å². The average Bonchev–Trinajstić information content (AvgIpc) is 2.37. The van der Waals surface area contributed by atoms with Crippen LogP contribution in [0.5, 0.6) is 0 Å². The maximum Gasteiger partial charge on any atom is 0.180 e. The first-order valence-electron chi connectivity index (χ1n) is 6.71. The van der Waals surface area contributed by atoms with E-state index >= 15 is 0 Å². The Labute approximate surface area is 121 Å². The van der Waals surface area contributed by atoms with E-state index in [2.05, 4.69) is 12.2 Å². The number of benzene rings is 1. The van der Waals surface area contributed by atoms with Crippen molar-refractivity contribution in [3.63, 3.8) is 0 Å². The van der Waals surface area contributed by atoms with Crippen LogP contribution >= 0.6 is 11.6 Å². The van der Waals surface area contributed by atoms with Crippen molar-refractivity contribution in [2.45, 2.75) is 43.4 Å². The Balaban J connectivity index is 2.85. The number of para-hydroxylation sites is 1. The van der Waals surface area contributed by atoms with Gasteiger partial charge < -0.3 is 5.32 Å². The van der Waals surface area contributed by atoms with Crippen LogP contribution in [0.2, 0.25) is 0 Å². The standard InChI is InChI=1S/C14H22ClNO2S/c1-3-7-12(15)11-16-13-8-5-6-9-14(13)19(17,18)10-4-2/h5-6,8-9,12,16H,3-4,7,10-11H2,1-2H3. The SMILES string of the molecule is CCCC(Cl)CNc1ccccc1S(=O)(=O)CCC. The first-order valence-corrected chi connectivity index (χ1v) is 8.79. The summed E-state index contributed by atoms with van der Waals surface area (Å²) in [5.41, 5.74) is 0.651. The molecule has 0 bridgehead atoms. The molecule has 0 fully saturated rings. The lowest BCUT2D eigenvalue weighted by Gasteiger charge is -2.14. The number of alkyl halides is 1. The van der Waals surface area contributed by atoms with E-state index in [1.165, 1.54) is 0 Å². The van der Waals surface area contributed by atoms with Crippen LogP contribution in [0.1, 0.15) is 33.1 Å². The molecular formula is C14H22ClNO2S. The van der Waals surface area contributed by atoms with Crippen molar-refractivity contribution in [3.05, 3.63) is 24.3 Å². The van der Waals surface area contributed by atoms with Gasteiger partial charge in [-0.15, -0.1) is 11.6 Å². The highest BCUT2D eigenvalue weighted by Gasteiger charge is 2.17. The molecule has 1 N–H and O–H groups in total. The topological polar surface area (TPSA) is 46.2 Å². The number of rotatable bonds is 8. The summed E-state index contributed by atoms with van der Waals surface area (Å²) in [6.45, 7) is 4.52. The summed E-state index contributed by atoms with van der Waals surface area (Å²) in [5.74, 6) is 0.172. The Kier molecular flexibility index (Phi) is 6.66. The number of sulfone groups is 1. The van der Waals surface area contributed by atoms with Gasteiger partial charge in [-0.25, -0.2) is 8.42 Å². The predicted octanol–water partition coefficient (Wildman–Crippen LogP) is 3.69. The Morgan fingerprint density at radius 1 is 1.21 bits per heavy atom. The van der Waals surface area contributed by atoms with Gasteiger partial charge >= 0.3 is 0 Å². The molecular weight excluding hydrogens is 282 g/mol. The van der Waals surface area contributed by atoms with Gasteiger partial charge in [0.2, 0.25) is 0 Å². The molecule has 0 spiro atoms. The summed E-state index contributed by atoms with van der Waals surface area (Å²) in [7, 11) is -3.21. The van der Waals surface area contributed by atoms with E-state index in [0.29, 0.717) is 23.5 Å². The lowest BCUT2D eigenvalue weighted by Crippen LogP contribution is -2.16. The molecule has 1 rings (SSSR count). The molecule has 108 valence electrons. The van der Waals surface area contributed by atoms with Gasteiger partial charge in [0.15, 0.2) is 9.84 Å². The van der Waals surface area contributed by atoms with E-state index in [1.54, 1.807) is 18.2 Å². The zero-order valence-corrected chi connectivity index (χ0v) is 13.1. The Bertz CT molecular complexity index is 488. The third-order valence-electron chi connectivity index (χ3n) is 2.81. The van der Waals surface area contributed by atoms with E-state index in [1.807, 2.05) is 13.0 Å². The molecule has 1 aromatic rings. The van der Waals surface area contributed by atoms with Crippen molar-refractivity contribution in [1.29, 1.82) is 0 Å². The fraction of sp³-hybridized carbons (Fsp3) is 0.571. The van der Waals surface area contributed by atoms with Crippen molar-refractivity contribution >= 4 is 27.1 Å². The normalized spacial score (nSPS) is 13.2.